The summed E-state index contributed by atoms with van der Waals surface area (Å²) in [5.74, 6) is -0.225. The average molecular weight is 403 g/mol. The number of hydrogen-bond donors (Lipinski definition) is 2. The Labute approximate surface area is 171 Å². The molecule has 3 atom stereocenters. The van der Waals surface area contributed by atoms with Gasteiger partial charge >= 0.3 is 0 Å². The smallest absolute Gasteiger partial charge is 0.274 e. The predicted octanol–water partition coefficient (Wildman–Crippen LogP) is 2.94. The van der Waals surface area contributed by atoms with Gasteiger partial charge in [-0.3, -0.25) is 19.8 Å². The van der Waals surface area contributed by atoms with Gasteiger partial charge in [-0.15, -0.1) is 0 Å². The van der Waals surface area contributed by atoms with Crippen LogP contribution in [0.25, 0.3) is 11.3 Å². The molecule has 150 valence electrons. The van der Waals surface area contributed by atoms with E-state index >= 15 is 0 Å². The summed E-state index contributed by atoms with van der Waals surface area (Å²) < 4.78 is 13.2. The number of carbonyl (C=O) groups is 1. The Morgan fingerprint density at radius 2 is 2.13 bits per heavy atom. The van der Waals surface area contributed by atoms with Crippen molar-refractivity contribution in [1.29, 1.82) is 5.26 Å². The number of H-pyrrole nitrogens is 1. The Morgan fingerprint density at radius 1 is 1.33 bits per heavy atom. The number of halogens is 1. The molecule has 30 heavy (non-hydrogen) atoms. The number of pyridine rings is 1. The van der Waals surface area contributed by atoms with E-state index in [0.29, 0.717) is 29.3 Å². The van der Waals surface area contributed by atoms with E-state index in [1.807, 2.05) is 6.92 Å². The van der Waals surface area contributed by atoms with E-state index in [1.165, 1.54) is 12.1 Å². The van der Waals surface area contributed by atoms with E-state index < -0.39 is 0 Å². The molecule has 9 heteroatoms. The molecule has 2 aliphatic rings. The van der Waals surface area contributed by atoms with Crippen LogP contribution in [-0.2, 0) is 0 Å². The van der Waals surface area contributed by atoms with Crippen LogP contribution in [0.3, 0.4) is 0 Å². The third kappa shape index (κ3) is 2.93. The quantitative estimate of drug-likeness (QED) is 0.513. The molecule has 0 radical (unpaired) electrons. The first-order valence-corrected chi connectivity index (χ1v) is 9.58. The average Bonchev–Trinajstić information content (AvgIpc) is 3.13. The molecule has 1 amide bonds. The fourth-order valence-electron chi connectivity index (χ4n) is 4.14. The number of anilines is 2. The zero-order valence-corrected chi connectivity index (χ0v) is 16.1. The zero-order chi connectivity index (χ0) is 20.8. The third-order valence-electron chi connectivity index (χ3n) is 5.60. The molecule has 0 aliphatic carbocycles. The lowest BCUT2D eigenvalue weighted by Crippen LogP contribution is -2.30. The van der Waals surface area contributed by atoms with Crippen molar-refractivity contribution in [1.82, 2.24) is 25.0 Å². The summed E-state index contributed by atoms with van der Waals surface area (Å²) in [4.78, 5) is 20.5. The fraction of sp³-hybridized carbons (Fsp3) is 0.238. The molecule has 0 bridgehead atoms. The Hall–Kier alpha value is -3.93. The number of amides is 1. The molecule has 2 aromatic heterocycles. The molecule has 1 aromatic carbocycles. The number of rotatable bonds is 4. The number of nitrogens with zero attached hydrogens (tertiary/aromatic N) is 5. The van der Waals surface area contributed by atoms with Crippen LogP contribution in [-0.4, -0.2) is 49.6 Å². The highest BCUT2D eigenvalue weighted by Crippen LogP contribution is 2.44. The first-order valence-electron chi connectivity index (χ1n) is 9.58. The van der Waals surface area contributed by atoms with E-state index in [4.69, 9.17) is 0 Å². The number of aromatic nitrogens is 3. The Kier molecular flexibility index (Phi) is 4.13. The normalized spacial score (nSPS) is 21.8. The number of fused-ring (bicyclic) bond motifs is 1. The van der Waals surface area contributed by atoms with Gasteiger partial charge in [-0.25, -0.2) is 4.39 Å². The summed E-state index contributed by atoms with van der Waals surface area (Å²) in [7, 11) is 0. The number of aromatic amines is 1. The Morgan fingerprint density at radius 3 is 2.90 bits per heavy atom. The lowest BCUT2D eigenvalue weighted by Gasteiger charge is -2.16. The molecule has 5 rings (SSSR count). The number of hydrogen-bond acceptors (Lipinski definition) is 6. The van der Waals surface area contributed by atoms with Gasteiger partial charge in [0.25, 0.3) is 5.91 Å². The van der Waals surface area contributed by atoms with Crippen molar-refractivity contribution in [3.8, 4) is 17.5 Å². The van der Waals surface area contributed by atoms with Gasteiger partial charge in [-0.2, -0.15) is 10.4 Å². The molecular formula is C21H18FN7O. The van der Waals surface area contributed by atoms with Gasteiger partial charge in [0.2, 0.25) is 0 Å². The molecule has 8 nitrogen and oxygen atoms in total. The second kappa shape index (κ2) is 6.84. The van der Waals surface area contributed by atoms with Crippen LogP contribution < -0.4 is 5.32 Å². The predicted molar refractivity (Wildman–Crippen MR) is 107 cm³/mol. The molecule has 2 N–H and O–H groups in total. The van der Waals surface area contributed by atoms with E-state index in [2.05, 4.69) is 26.7 Å². The fourth-order valence-corrected chi connectivity index (χ4v) is 4.14. The van der Waals surface area contributed by atoms with Gasteiger partial charge in [0.1, 0.15) is 17.7 Å². The number of likely N-dealkylation sites (tertiary alicyclic amines) is 1. The minimum atomic E-state index is -0.313. The summed E-state index contributed by atoms with van der Waals surface area (Å²) in [5.41, 5.74) is 3.10. The largest absolute Gasteiger partial charge is 0.354 e. The van der Waals surface area contributed by atoms with Gasteiger partial charge in [-0.1, -0.05) is 6.92 Å². The topological polar surface area (TPSA) is 101 Å². The van der Waals surface area contributed by atoms with Crippen molar-refractivity contribution in [2.45, 2.75) is 19.1 Å². The minimum Gasteiger partial charge on any atom is -0.354 e. The molecule has 3 aromatic rings. The molecule has 0 spiro atoms. The molecule has 0 saturated carbocycles. The summed E-state index contributed by atoms with van der Waals surface area (Å²) in [6, 6.07) is 9.57. The molecule has 2 aliphatic heterocycles. The van der Waals surface area contributed by atoms with Gasteiger partial charge in [0.15, 0.2) is 6.19 Å². The SMILES string of the molecule is CC1CN(C#N)C2[C@@H]1N2C(=O)c1cc(-c2ccncc2Nc2ccc(F)cc2)n[nH]1. The highest BCUT2D eigenvalue weighted by atomic mass is 19.1. The van der Waals surface area contributed by atoms with Crippen LogP contribution >= 0.6 is 0 Å². The summed E-state index contributed by atoms with van der Waals surface area (Å²) in [6.07, 6.45) is 5.30. The maximum absolute atomic E-state index is 13.2. The Balaban J connectivity index is 1.38. The molecule has 2 saturated heterocycles. The second-order valence-corrected chi connectivity index (χ2v) is 7.57. The lowest BCUT2D eigenvalue weighted by molar-refractivity contribution is 0.0810. The highest BCUT2D eigenvalue weighted by molar-refractivity contribution is 5.96. The monoisotopic (exact) mass is 403 g/mol. The summed E-state index contributed by atoms with van der Waals surface area (Å²) in [5, 5.41) is 19.6. The van der Waals surface area contributed by atoms with E-state index in [1.54, 1.807) is 46.5 Å². The molecule has 4 heterocycles. The first kappa shape index (κ1) is 18.1. The van der Waals surface area contributed by atoms with Crippen molar-refractivity contribution in [3.63, 3.8) is 0 Å². The van der Waals surface area contributed by atoms with Crippen LogP contribution in [0.2, 0.25) is 0 Å². The summed E-state index contributed by atoms with van der Waals surface area (Å²) in [6.45, 7) is 2.73. The number of nitrogens with one attached hydrogen (secondary N) is 2. The maximum atomic E-state index is 13.2. The Bertz CT molecular complexity index is 1150. The van der Waals surface area contributed by atoms with Crippen molar-refractivity contribution >= 4 is 17.3 Å². The third-order valence-corrected chi connectivity index (χ3v) is 5.60. The van der Waals surface area contributed by atoms with Crippen molar-refractivity contribution in [2.75, 3.05) is 11.9 Å². The molecule has 2 fully saturated rings. The van der Waals surface area contributed by atoms with Gasteiger partial charge in [0.05, 0.1) is 23.6 Å². The van der Waals surface area contributed by atoms with Gasteiger partial charge in [0, 0.05) is 24.0 Å². The number of benzene rings is 1. The zero-order valence-electron chi connectivity index (χ0n) is 16.1. The maximum Gasteiger partial charge on any atom is 0.274 e. The van der Waals surface area contributed by atoms with E-state index in [0.717, 1.165) is 5.56 Å². The second-order valence-electron chi connectivity index (χ2n) is 7.57. The molecular weight excluding hydrogens is 385 g/mol. The van der Waals surface area contributed by atoms with Crippen LogP contribution in [0.15, 0.2) is 48.8 Å². The van der Waals surface area contributed by atoms with Crippen LogP contribution in [0.5, 0.6) is 0 Å². The number of nitriles is 1. The first-order chi connectivity index (χ1) is 14.6. The van der Waals surface area contributed by atoms with Crippen molar-refractivity contribution in [3.05, 3.63) is 60.3 Å². The van der Waals surface area contributed by atoms with E-state index in [-0.39, 0.29) is 29.8 Å². The van der Waals surface area contributed by atoms with E-state index in [9.17, 15) is 14.4 Å². The highest BCUT2D eigenvalue weighted by Gasteiger charge is 2.62. The van der Waals surface area contributed by atoms with Crippen molar-refractivity contribution < 1.29 is 9.18 Å². The van der Waals surface area contributed by atoms with Gasteiger partial charge < -0.3 is 10.2 Å². The standard InChI is InChI=1S/C21H18FN7O/c1-12-10-28(11-23)20-19(12)29(20)21(30)17-8-16(26-27-17)15-6-7-24-9-18(15)25-14-4-2-13(22)3-5-14/h2-9,12,19-20,25H,10H2,1H3,(H,26,27)/t12?,19-,20?,29?/m1/s1. The van der Waals surface area contributed by atoms with Crippen LogP contribution in [0.1, 0.15) is 17.4 Å². The lowest BCUT2D eigenvalue weighted by atomic mass is 10.1. The van der Waals surface area contributed by atoms with Gasteiger partial charge in [-0.05, 0) is 42.3 Å². The number of carbonyl (C=O) groups excluding carboxylic acids is 1. The van der Waals surface area contributed by atoms with Crippen molar-refractivity contribution in [2.24, 2.45) is 5.92 Å². The van der Waals surface area contributed by atoms with Crippen LogP contribution in [0, 0.1) is 23.2 Å². The minimum absolute atomic E-state index is 0.0699. The van der Waals surface area contributed by atoms with Crippen LogP contribution in [0.4, 0.5) is 15.8 Å². The molecule has 2 unspecified atom stereocenters. The summed E-state index contributed by atoms with van der Waals surface area (Å²) >= 11 is 0.